The molecule has 1 heterocycles. The van der Waals surface area contributed by atoms with Gasteiger partial charge in [0.1, 0.15) is 0 Å². The number of likely N-dealkylation sites (tertiary alicyclic amines) is 1. The lowest BCUT2D eigenvalue weighted by Gasteiger charge is -2.38. The number of quaternary nitrogens is 1. The molecule has 0 aromatic heterocycles. The Morgan fingerprint density at radius 1 is 1.00 bits per heavy atom. The highest BCUT2D eigenvalue weighted by atomic mass is 32.1. The van der Waals surface area contributed by atoms with E-state index in [0.717, 1.165) is 36.0 Å². The summed E-state index contributed by atoms with van der Waals surface area (Å²) in [6.45, 7) is 4.31. The zero-order valence-electron chi connectivity index (χ0n) is 15.9. The Balaban J connectivity index is 1.49. The number of anilines is 1. The van der Waals surface area contributed by atoms with Crippen LogP contribution < -0.4 is 10.2 Å². The molecule has 3 nitrogen and oxygen atoms in total. The van der Waals surface area contributed by atoms with Crippen molar-refractivity contribution in [2.45, 2.75) is 70.4 Å². The summed E-state index contributed by atoms with van der Waals surface area (Å²) >= 11 is 5.67. The molecule has 1 unspecified atom stereocenters. The number of nitrogens with zero attached hydrogens (tertiary/aromatic N) is 1. The summed E-state index contributed by atoms with van der Waals surface area (Å²) in [5, 5.41) is 4.33. The van der Waals surface area contributed by atoms with Gasteiger partial charge in [0.25, 0.3) is 0 Å². The second-order valence-corrected chi connectivity index (χ2v) is 8.33. The maximum atomic E-state index is 5.67. The van der Waals surface area contributed by atoms with Crippen molar-refractivity contribution in [3.8, 4) is 0 Å². The molecule has 1 atom stereocenters. The first-order valence-corrected chi connectivity index (χ1v) is 10.5. The minimum Gasteiger partial charge on any atom is -0.349 e. The first-order valence-electron chi connectivity index (χ1n) is 10.1. The van der Waals surface area contributed by atoms with Gasteiger partial charge in [0.2, 0.25) is 0 Å². The van der Waals surface area contributed by atoms with Crippen LogP contribution in [0, 0.1) is 6.92 Å². The van der Waals surface area contributed by atoms with Crippen LogP contribution in [-0.4, -0.2) is 42.2 Å². The fourth-order valence-electron chi connectivity index (χ4n) is 4.51. The van der Waals surface area contributed by atoms with Crippen LogP contribution in [0.5, 0.6) is 0 Å². The van der Waals surface area contributed by atoms with Crippen molar-refractivity contribution in [3.05, 3.63) is 29.8 Å². The highest BCUT2D eigenvalue weighted by molar-refractivity contribution is 7.80. The van der Waals surface area contributed by atoms with E-state index >= 15 is 0 Å². The van der Waals surface area contributed by atoms with Crippen molar-refractivity contribution < 1.29 is 4.90 Å². The van der Waals surface area contributed by atoms with Gasteiger partial charge in [0, 0.05) is 31.6 Å². The molecule has 138 valence electrons. The Bertz CT molecular complexity index is 558. The molecule has 0 radical (unpaired) electrons. The minimum atomic E-state index is 0.806. The normalized spacial score (nSPS) is 21.6. The van der Waals surface area contributed by atoms with E-state index in [1.54, 1.807) is 4.90 Å². The van der Waals surface area contributed by atoms with Gasteiger partial charge < -0.3 is 15.1 Å². The molecule has 3 rings (SSSR count). The molecule has 1 saturated carbocycles. The highest BCUT2D eigenvalue weighted by Crippen LogP contribution is 2.18. The number of para-hydroxylation sites is 1. The standard InChI is InChI=1S/C21H33N3S/c1-17-9-7-8-12-20(17)22-21(25)24-15-13-19(14-16-24)23(2)18-10-5-3-4-6-11-18/h7-9,12,18-19H,3-6,10-11,13-16H2,1-2H3,(H,22,25)/p+1. The molecule has 2 aliphatic rings. The minimum absolute atomic E-state index is 0.806. The van der Waals surface area contributed by atoms with Crippen LogP contribution in [-0.2, 0) is 0 Å². The van der Waals surface area contributed by atoms with E-state index in [0.29, 0.717) is 0 Å². The number of benzene rings is 1. The van der Waals surface area contributed by atoms with Crippen LogP contribution in [0.1, 0.15) is 56.9 Å². The van der Waals surface area contributed by atoms with Gasteiger partial charge in [-0.05, 0) is 56.5 Å². The smallest absolute Gasteiger partial charge is 0.173 e. The van der Waals surface area contributed by atoms with E-state index in [4.69, 9.17) is 12.2 Å². The number of thiocarbonyl (C=S) groups is 1. The van der Waals surface area contributed by atoms with E-state index in [2.05, 4.69) is 48.5 Å². The third-order valence-electron chi connectivity index (χ3n) is 6.31. The molecule has 1 aliphatic heterocycles. The van der Waals surface area contributed by atoms with E-state index in [1.807, 2.05) is 0 Å². The summed E-state index contributed by atoms with van der Waals surface area (Å²) in [6.07, 6.45) is 11.1. The van der Waals surface area contributed by atoms with Gasteiger partial charge in [-0.2, -0.15) is 0 Å². The van der Waals surface area contributed by atoms with Gasteiger partial charge in [-0.3, -0.25) is 0 Å². The number of piperidine rings is 1. The Labute approximate surface area is 158 Å². The van der Waals surface area contributed by atoms with Crippen LogP contribution >= 0.6 is 12.2 Å². The van der Waals surface area contributed by atoms with Crippen molar-refractivity contribution in [3.63, 3.8) is 0 Å². The first-order chi connectivity index (χ1) is 12.1. The number of nitrogens with one attached hydrogen (secondary N) is 2. The second-order valence-electron chi connectivity index (χ2n) is 7.94. The van der Waals surface area contributed by atoms with Crippen molar-refractivity contribution in [2.24, 2.45) is 0 Å². The topological polar surface area (TPSA) is 19.7 Å². The molecule has 2 N–H and O–H groups in total. The fraction of sp³-hybridized carbons (Fsp3) is 0.667. The summed E-state index contributed by atoms with van der Waals surface area (Å²) in [4.78, 5) is 4.15. The van der Waals surface area contributed by atoms with Crippen LogP contribution in [0.4, 0.5) is 5.69 Å². The van der Waals surface area contributed by atoms with Gasteiger partial charge in [0.05, 0.1) is 19.1 Å². The molecule has 1 aromatic carbocycles. The van der Waals surface area contributed by atoms with Crippen molar-refractivity contribution in [1.29, 1.82) is 0 Å². The maximum Gasteiger partial charge on any atom is 0.173 e. The molecule has 2 fully saturated rings. The van der Waals surface area contributed by atoms with Crippen LogP contribution in [0.3, 0.4) is 0 Å². The quantitative estimate of drug-likeness (QED) is 0.637. The molecule has 0 bridgehead atoms. The zero-order chi connectivity index (χ0) is 17.6. The third kappa shape index (κ3) is 4.95. The molecule has 0 spiro atoms. The van der Waals surface area contributed by atoms with Gasteiger partial charge in [-0.15, -0.1) is 0 Å². The summed E-state index contributed by atoms with van der Waals surface area (Å²) in [7, 11) is 2.44. The Hall–Kier alpha value is -1.13. The van der Waals surface area contributed by atoms with Crippen LogP contribution in [0.25, 0.3) is 0 Å². The molecule has 0 amide bonds. The van der Waals surface area contributed by atoms with Gasteiger partial charge in [0.15, 0.2) is 5.11 Å². The monoisotopic (exact) mass is 360 g/mol. The molecular weight excluding hydrogens is 326 g/mol. The molecule has 1 aliphatic carbocycles. The number of rotatable bonds is 3. The first kappa shape index (κ1) is 18.7. The average Bonchev–Trinajstić information content (AvgIpc) is 2.92. The predicted molar refractivity (Wildman–Crippen MR) is 110 cm³/mol. The van der Waals surface area contributed by atoms with Crippen molar-refractivity contribution in [2.75, 3.05) is 25.5 Å². The Morgan fingerprint density at radius 2 is 1.60 bits per heavy atom. The molecule has 1 saturated heterocycles. The van der Waals surface area contributed by atoms with Crippen LogP contribution in [0.15, 0.2) is 24.3 Å². The zero-order valence-corrected chi connectivity index (χ0v) is 16.7. The Kier molecular flexibility index (Phi) is 6.71. The lowest BCUT2D eigenvalue weighted by molar-refractivity contribution is -0.933. The lowest BCUT2D eigenvalue weighted by Crippen LogP contribution is -3.17. The second kappa shape index (κ2) is 9.00. The Morgan fingerprint density at radius 3 is 2.24 bits per heavy atom. The molecule has 25 heavy (non-hydrogen) atoms. The summed E-state index contributed by atoms with van der Waals surface area (Å²) in [5.41, 5.74) is 2.38. The van der Waals surface area contributed by atoms with Crippen LogP contribution in [0.2, 0.25) is 0 Å². The molecule has 4 heteroatoms. The fourth-order valence-corrected chi connectivity index (χ4v) is 4.81. The van der Waals surface area contributed by atoms with E-state index in [9.17, 15) is 0 Å². The van der Waals surface area contributed by atoms with E-state index in [-0.39, 0.29) is 0 Å². The average molecular weight is 361 g/mol. The van der Waals surface area contributed by atoms with Crippen molar-refractivity contribution in [1.82, 2.24) is 4.90 Å². The summed E-state index contributed by atoms with van der Waals surface area (Å²) < 4.78 is 0. The van der Waals surface area contributed by atoms with Crippen molar-refractivity contribution >= 4 is 23.0 Å². The number of hydrogen-bond acceptors (Lipinski definition) is 1. The molecule has 1 aromatic rings. The number of hydrogen-bond donors (Lipinski definition) is 2. The van der Waals surface area contributed by atoms with Gasteiger partial charge in [-0.25, -0.2) is 0 Å². The lowest BCUT2D eigenvalue weighted by atomic mass is 9.99. The van der Waals surface area contributed by atoms with Gasteiger partial charge in [-0.1, -0.05) is 31.0 Å². The molecular formula is C21H34N3S+. The SMILES string of the molecule is Cc1ccccc1NC(=S)N1CCC([NH+](C)C2CCCCCC2)CC1. The highest BCUT2D eigenvalue weighted by Gasteiger charge is 2.31. The largest absolute Gasteiger partial charge is 0.349 e. The van der Waals surface area contributed by atoms with E-state index < -0.39 is 0 Å². The number of aryl methyl sites for hydroxylation is 1. The van der Waals surface area contributed by atoms with E-state index in [1.165, 1.54) is 56.9 Å². The maximum absolute atomic E-state index is 5.67. The van der Waals surface area contributed by atoms with Gasteiger partial charge >= 0.3 is 0 Å². The third-order valence-corrected chi connectivity index (χ3v) is 6.67. The summed E-state index contributed by atoms with van der Waals surface area (Å²) in [6, 6.07) is 10.1. The predicted octanol–water partition coefficient (Wildman–Crippen LogP) is 3.39. The summed E-state index contributed by atoms with van der Waals surface area (Å²) in [5.74, 6) is 0.